The topological polar surface area (TPSA) is 87.7 Å². The lowest BCUT2D eigenvalue weighted by molar-refractivity contribution is -0.121. The first-order valence-corrected chi connectivity index (χ1v) is 12.4. The summed E-state index contributed by atoms with van der Waals surface area (Å²) in [6, 6.07) is 19.5. The highest BCUT2D eigenvalue weighted by Gasteiger charge is 2.22. The monoisotopic (exact) mass is 487 g/mol. The summed E-state index contributed by atoms with van der Waals surface area (Å²) in [5, 5.41) is 3.16. The third-order valence-corrected chi connectivity index (χ3v) is 6.26. The van der Waals surface area contributed by atoms with Gasteiger partial charge >= 0.3 is 0 Å². The summed E-state index contributed by atoms with van der Waals surface area (Å²) in [5.41, 5.74) is 3.05. The Morgan fingerprint density at radius 1 is 0.944 bits per heavy atom. The van der Waals surface area contributed by atoms with Crippen LogP contribution in [0.1, 0.15) is 39.8 Å². The molecule has 1 N–H and O–H groups in total. The van der Waals surface area contributed by atoms with Crippen molar-refractivity contribution in [3.05, 3.63) is 95.6 Å². The molecule has 0 spiro atoms. The maximum absolute atomic E-state index is 13.3. The van der Waals surface area contributed by atoms with E-state index < -0.39 is 0 Å². The van der Waals surface area contributed by atoms with Crippen molar-refractivity contribution in [2.45, 2.75) is 19.4 Å². The van der Waals surface area contributed by atoms with E-state index in [0.717, 1.165) is 29.9 Å². The van der Waals surface area contributed by atoms with Crippen molar-refractivity contribution >= 4 is 11.8 Å². The lowest BCUT2D eigenvalue weighted by atomic mass is 9.98. The summed E-state index contributed by atoms with van der Waals surface area (Å²) in [4.78, 5) is 38.8. The molecule has 3 aromatic rings. The van der Waals surface area contributed by atoms with Gasteiger partial charge in [-0.15, -0.1) is 0 Å². The van der Waals surface area contributed by atoms with Gasteiger partial charge in [0, 0.05) is 45.3 Å². The standard InChI is InChI=1S/C28H33N5O3/c1-22-20-30-25(21-29-22)28(35)33(15-14-32-16-18-36-19-17-32)13-12-26(34)31-27(23-8-4-2-5-9-23)24-10-6-3-7-11-24/h2-11,20-21,27H,12-19H2,1H3,(H,31,34). The fourth-order valence-corrected chi connectivity index (χ4v) is 4.19. The van der Waals surface area contributed by atoms with Gasteiger partial charge in [-0.2, -0.15) is 0 Å². The number of aromatic nitrogens is 2. The summed E-state index contributed by atoms with van der Waals surface area (Å²) in [6.07, 6.45) is 3.27. The van der Waals surface area contributed by atoms with Gasteiger partial charge in [0.15, 0.2) is 0 Å². The normalized spacial score (nSPS) is 13.9. The predicted octanol–water partition coefficient (Wildman–Crippen LogP) is 2.86. The number of carbonyl (C=O) groups is 2. The zero-order chi connectivity index (χ0) is 25.2. The van der Waals surface area contributed by atoms with Crippen LogP contribution in [0.25, 0.3) is 0 Å². The van der Waals surface area contributed by atoms with Gasteiger partial charge in [-0.3, -0.25) is 19.5 Å². The second-order valence-corrected chi connectivity index (χ2v) is 8.86. The van der Waals surface area contributed by atoms with Crippen LogP contribution < -0.4 is 5.32 Å². The Hall–Kier alpha value is -3.62. The maximum atomic E-state index is 13.3. The fourth-order valence-electron chi connectivity index (χ4n) is 4.19. The van der Waals surface area contributed by atoms with Gasteiger partial charge in [-0.1, -0.05) is 60.7 Å². The minimum Gasteiger partial charge on any atom is -0.379 e. The smallest absolute Gasteiger partial charge is 0.274 e. The van der Waals surface area contributed by atoms with Crippen molar-refractivity contribution in [3.63, 3.8) is 0 Å². The SMILES string of the molecule is Cc1cnc(C(=O)N(CCC(=O)NC(c2ccccc2)c2ccccc2)CCN2CCOCC2)cn1. The van der Waals surface area contributed by atoms with E-state index in [1.165, 1.54) is 6.20 Å². The van der Waals surface area contributed by atoms with Crippen LogP contribution in [-0.4, -0.2) is 77.5 Å². The van der Waals surface area contributed by atoms with Crippen molar-refractivity contribution in [2.75, 3.05) is 45.9 Å². The van der Waals surface area contributed by atoms with Gasteiger partial charge in [0.1, 0.15) is 5.69 Å². The third-order valence-electron chi connectivity index (χ3n) is 6.26. The molecule has 2 amide bonds. The van der Waals surface area contributed by atoms with Crippen LogP contribution in [0.2, 0.25) is 0 Å². The van der Waals surface area contributed by atoms with Crippen LogP contribution in [0.5, 0.6) is 0 Å². The molecule has 0 bridgehead atoms. The molecule has 8 heteroatoms. The van der Waals surface area contributed by atoms with E-state index in [9.17, 15) is 9.59 Å². The molecule has 0 radical (unpaired) electrons. The first-order valence-electron chi connectivity index (χ1n) is 12.4. The number of nitrogens with one attached hydrogen (secondary N) is 1. The molecular weight excluding hydrogens is 454 g/mol. The van der Waals surface area contributed by atoms with Crippen molar-refractivity contribution in [2.24, 2.45) is 0 Å². The average molecular weight is 488 g/mol. The largest absolute Gasteiger partial charge is 0.379 e. The van der Waals surface area contributed by atoms with Gasteiger partial charge in [0.2, 0.25) is 5.91 Å². The van der Waals surface area contributed by atoms with E-state index in [2.05, 4.69) is 20.2 Å². The first kappa shape index (κ1) is 25.5. The third kappa shape index (κ3) is 7.19. The molecule has 188 valence electrons. The zero-order valence-corrected chi connectivity index (χ0v) is 20.7. The van der Waals surface area contributed by atoms with E-state index >= 15 is 0 Å². The number of ether oxygens (including phenoxy) is 1. The summed E-state index contributed by atoms with van der Waals surface area (Å²) < 4.78 is 5.43. The summed E-state index contributed by atoms with van der Waals surface area (Å²) in [7, 11) is 0. The van der Waals surface area contributed by atoms with Crippen LogP contribution in [0, 0.1) is 6.92 Å². The minimum atomic E-state index is -0.264. The molecule has 8 nitrogen and oxygen atoms in total. The van der Waals surface area contributed by atoms with Crippen LogP contribution in [0.3, 0.4) is 0 Å². The molecule has 1 aromatic heterocycles. The molecule has 1 fully saturated rings. The van der Waals surface area contributed by atoms with Gasteiger partial charge in [0.25, 0.3) is 5.91 Å². The molecule has 2 heterocycles. The summed E-state index contributed by atoms with van der Waals surface area (Å²) >= 11 is 0. The Kier molecular flexibility index (Phi) is 9.13. The molecule has 0 saturated carbocycles. The first-order chi connectivity index (χ1) is 17.6. The quantitative estimate of drug-likeness (QED) is 0.473. The van der Waals surface area contributed by atoms with Gasteiger partial charge in [0.05, 0.1) is 31.1 Å². The minimum absolute atomic E-state index is 0.119. The Labute approximate surface area is 212 Å². The molecule has 1 saturated heterocycles. The molecule has 2 aromatic carbocycles. The highest BCUT2D eigenvalue weighted by molar-refractivity contribution is 5.92. The molecular formula is C28H33N5O3. The summed E-state index contributed by atoms with van der Waals surface area (Å²) in [5.74, 6) is -0.335. The summed E-state index contributed by atoms with van der Waals surface area (Å²) in [6.45, 7) is 6.40. The molecule has 36 heavy (non-hydrogen) atoms. The number of amides is 2. The highest BCUT2D eigenvalue weighted by atomic mass is 16.5. The number of morpholine rings is 1. The van der Waals surface area contributed by atoms with Crippen LogP contribution in [0.4, 0.5) is 0 Å². The van der Waals surface area contributed by atoms with E-state index in [-0.39, 0.29) is 30.0 Å². The maximum Gasteiger partial charge on any atom is 0.274 e. The molecule has 1 aliphatic rings. The van der Waals surface area contributed by atoms with E-state index in [4.69, 9.17) is 4.74 Å². The second kappa shape index (κ2) is 12.9. The molecule has 0 unspecified atom stereocenters. The van der Waals surface area contributed by atoms with Crippen molar-refractivity contribution in [1.29, 1.82) is 0 Å². The van der Waals surface area contributed by atoms with E-state index in [1.54, 1.807) is 11.1 Å². The Bertz CT molecular complexity index is 1060. The van der Waals surface area contributed by atoms with Crippen molar-refractivity contribution < 1.29 is 14.3 Å². The van der Waals surface area contributed by atoms with Crippen molar-refractivity contribution in [1.82, 2.24) is 25.1 Å². The van der Waals surface area contributed by atoms with Crippen molar-refractivity contribution in [3.8, 4) is 0 Å². The molecule has 0 atom stereocenters. The van der Waals surface area contributed by atoms with E-state index in [1.807, 2.05) is 67.6 Å². The number of rotatable bonds is 10. The fraction of sp³-hybridized carbons (Fsp3) is 0.357. The molecule has 0 aliphatic carbocycles. The number of hydrogen-bond acceptors (Lipinski definition) is 6. The van der Waals surface area contributed by atoms with Gasteiger partial charge < -0.3 is 15.0 Å². The Morgan fingerprint density at radius 2 is 1.58 bits per heavy atom. The lowest BCUT2D eigenvalue weighted by Gasteiger charge is -2.30. The number of nitrogens with zero attached hydrogens (tertiary/aromatic N) is 4. The molecule has 1 aliphatic heterocycles. The van der Waals surface area contributed by atoms with Crippen LogP contribution in [0.15, 0.2) is 73.1 Å². The van der Waals surface area contributed by atoms with E-state index in [0.29, 0.717) is 32.8 Å². The molecule has 4 rings (SSSR count). The number of aryl methyl sites for hydroxylation is 1. The van der Waals surface area contributed by atoms with Gasteiger partial charge in [-0.05, 0) is 18.1 Å². The zero-order valence-electron chi connectivity index (χ0n) is 20.7. The lowest BCUT2D eigenvalue weighted by Crippen LogP contribution is -2.44. The number of carbonyl (C=O) groups excluding carboxylic acids is 2. The predicted molar refractivity (Wildman–Crippen MR) is 137 cm³/mol. The number of benzene rings is 2. The van der Waals surface area contributed by atoms with Crippen LogP contribution in [-0.2, 0) is 9.53 Å². The van der Waals surface area contributed by atoms with Gasteiger partial charge in [-0.25, -0.2) is 4.98 Å². The number of hydrogen-bond donors (Lipinski definition) is 1. The highest BCUT2D eigenvalue weighted by Crippen LogP contribution is 2.22. The Morgan fingerprint density at radius 3 is 2.17 bits per heavy atom. The average Bonchev–Trinajstić information content (AvgIpc) is 2.93. The second-order valence-electron chi connectivity index (χ2n) is 8.86. The Balaban J connectivity index is 1.43. The van der Waals surface area contributed by atoms with Crippen LogP contribution >= 0.6 is 0 Å².